The highest BCUT2D eigenvalue weighted by Crippen LogP contribution is 2.22. The number of benzene rings is 1. The molecule has 1 N–H and O–H groups in total. The number of halogens is 2. The fraction of sp³-hybridized carbons (Fsp3) is 0.385. The van der Waals surface area contributed by atoms with Gasteiger partial charge in [0.1, 0.15) is 12.1 Å². The van der Waals surface area contributed by atoms with E-state index in [9.17, 15) is 13.6 Å². The highest BCUT2D eigenvalue weighted by molar-refractivity contribution is 5.79. The summed E-state index contributed by atoms with van der Waals surface area (Å²) in [5, 5.41) is 11.2. The molecule has 0 aliphatic carbocycles. The average molecular weight is 268 g/mol. The van der Waals surface area contributed by atoms with Crippen molar-refractivity contribution in [1.29, 1.82) is 5.26 Å². The van der Waals surface area contributed by atoms with Gasteiger partial charge in [0, 0.05) is 0 Å². The molecule has 0 saturated heterocycles. The van der Waals surface area contributed by atoms with Gasteiger partial charge in [-0.1, -0.05) is 13.8 Å². The minimum absolute atomic E-state index is 0.175. The van der Waals surface area contributed by atoms with E-state index >= 15 is 0 Å². The van der Waals surface area contributed by atoms with E-state index in [2.05, 4.69) is 10.1 Å². The number of anilines is 1. The van der Waals surface area contributed by atoms with Gasteiger partial charge in [-0.25, -0.2) is 13.6 Å². The molecule has 1 aromatic rings. The summed E-state index contributed by atoms with van der Waals surface area (Å²) in [6.45, 7) is 3.49. The molecular formula is C13H14F2N2O2. The minimum Gasteiger partial charge on any atom is -0.467 e. The summed E-state index contributed by atoms with van der Waals surface area (Å²) < 4.78 is 31.7. The number of hydrogen-bond donors (Lipinski definition) is 1. The van der Waals surface area contributed by atoms with Gasteiger partial charge in [0.25, 0.3) is 0 Å². The summed E-state index contributed by atoms with van der Waals surface area (Å²) >= 11 is 0. The Morgan fingerprint density at radius 1 is 1.37 bits per heavy atom. The topological polar surface area (TPSA) is 62.1 Å². The lowest BCUT2D eigenvalue weighted by Crippen LogP contribution is -2.35. The summed E-state index contributed by atoms with van der Waals surface area (Å²) in [6, 6.07) is 3.11. The first-order valence-electron chi connectivity index (χ1n) is 5.64. The molecule has 0 spiro atoms. The first-order valence-corrected chi connectivity index (χ1v) is 5.64. The van der Waals surface area contributed by atoms with Gasteiger partial charge in [-0.2, -0.15) is 5.26 Å². The largest absolute Gasteiger partial charge is 0.467 e. The van der Waals surface area contributed by atoms with E-state index in [-0.39, 0.29) is 17.2 Å². The number of nitrogens with one attached hydrogen (secondary N) is 1. The molecule has 0 fully saturated rings. The summed E-state index contributed by atoms with van der Waals surface area (Å²) in [5.41, 5.74) is -0.567. The Morgan fingerprint density at radius 3 is 2.47 bits per heavy atom. The van der Waals surface area contributed by atoms with Crippen molar-refractivity contribution >= 4 is 11.7 Å². The zero-order valence-corrected chi connectivity index (χ0v) is 10.8. The Balaban J connectivity index is 3.08. The molecule has 0 saturated carbocycles. The van der Waals surface area contributed by atoms with Gasteiger partial charge in [-0.15, -0.1) is 0 Å². The van der Waals surface area contributed by atoms with Gasteiger partial charge < -0.3 is 10.1 Å². The zero-order valence-electron chi connectivity index (χ0n) is 10.8. The van der Waals surface area contributed by atoms with Crippen LogP contribution in [0.25, 0.3) is 0 Å². The fourth-order valence-electron chi connectivity index (χ4n) is 1.54. The third kappa shape index (κ3) is 3.19. The molecule has 0 aromatic heterocycles. The lowest BCUT2D eigenvalue weighted by Gasteiger charge is -2.21. The van der Waals surface area contributed by atoms with Gasteiger partial charge in [-0.3, -0.25) is 0 Å². The van der Waals surface area contributed by atoms with Crippen LogP contribution in [-0.2, 0) is 9.53 Å². The van der Waals surface area contributed by atoms with Crippen LogP contribution in [0.15, 0.2) is 12.1 Å². The highest BCUT2D eigenvalue weighted by atomic mass is 19.2. The molecule has 1 aromatic carbocycles. The maximum Gasteiger partial charge on any atom is 0.328 e. The van der Waals surface area contributed by atoms with E-state index in [1.54, 1.807) is 13.8 Å². The Bertz CT molecular complexity index is 524. The number of nitriles is 1. The molecule has 0 amide bonds. The fourth-order valence-corrected chi connectivity index (χ4v) is 1.54. The number of carbonyl (C=O) groups is 1. The molecule has 19 heavy (non-hydrogen) atoms. The lowest BCUT2D eigenvalue weighted by atomic mass is 10.0. The van der Waals surface area contributed by atoms with Gasteiger partial charge in [-0.05, 0) is 18.1 Å². The third-order valence-corrected chi connectivity index (χ3v) is 2.64. The van der Waals surface area contributed by atoms with E-state index < -0.39 is 23.6 Å². The number of rotatable bonds is 4. The number of hydrogen-bond acceptors (Lipinski definition) is 4. The molecule has 4 nitrogen and oxygen atoms in total. The van der Waals surface area contributed by atoms with Crippen molar-refractivity contribution in [3.63, 3.8) is 0 Å². The van der Waals surface area contributed by atoms with E-state index in [1.807, 2.05) is 0 Å². The van der Waals surface area contributed by atoms with Crippen LogP contribution in [0.3, 0.4) is 0 Å². The molecule has 0 bridgehead atoms. The molecule has 0 aliphatic rings. The number of ether oxygens (including phenoxy) is 1. The van der Waals surface area contributed by atoms with Crippen LogP contribution in [0.1, 0.15) is 19.4 Å². The summed E-state index contributed by atoms with van der Waals surface area (Å²) in [4.78, 5) is 11.5. The van der Waals surface area contributed by atoms with Crippen molar-refractivity contribution in [3.05, 3.63) is 29.3 Å². The van der Waals surface area contributed by atoms with Crippen LogP contribution in [-0.4, -0.2) is 19.1 Å². The number of carbonyl (C=O) groups excluding carboxylic acids is 1. The second-order valence-corrected chi connectivity index (χ2v) is 4.29. The van der Waals surface area contributed by atoms with Gasteiger partial charge in [0.2, 0.25) is 0 Å². The first kappa shape index (κ1) is 14.9. The van der Waals surface area contributed by atoms with E-state index in [0.717, 1.165) is 6.07 Å². The smallest absolute Gasteiger partial charge is 0.328 e. The van der Waals surface area contributed by atoms with Crippen molar-refractivity contribution in [2.24, 2.45) is 5.92 Å². The lowest BCUT2D eigenvalue weighted by molar-refractivity contribution is -0.142. The molecule has 0 aliphatic heterocycles. The Hall–Kier alpha value is -2.16. The predicted molar refractivity (Wildman–Crippen MR) is 65.3 cm³/mol. The van der Waals surface area contributed by atoms with Crippen molar-refractivity contribution in [2.45, 2.75) is 19.9 Å². The molecule has 102 valence electrons. The molecule has 0 radical (unpaired) electrons. The minimum atomic E-state index is -1.24. The normalized spacial score (nSPS) is 11.8. The van der Waals surface area contributed by atoms with Crippen LogP contribution in [0.4, 0.5) is 14.5 Å². The van der Waals surface area contributed by atoms with Crippen LogP contribution < -0.4 is 5.32 Å². The first-order chi connectivity index (χ1) is 8.92. The van der Waals surface area contributed by atoms with Crippen molar-refractivity contribution in [1.82, 2.24) is 0 Å². The average Bonchev–Trinajstić information content (AvgIpc) is 2.39. The van der Waals surface area contributed by atoms with Gasteiger partial charge >= 0.3 is 5.97 Å². The zero-order chi connectivity index (χ0) is 14.6. The molecule has 6 heteroatoms. The molecule has 1 unspecified atom stereocenters. The second kappa shape index (κ2) is 6.14. The molecule has 1 rings (SSSR count). The maximum absolute atomic E-state index is 13.7. The summed E-state index contributed by atoms with van der Waals surface area (Å²) in [5.74, 6) is -3.17. The SMILES string of the molecule is COC(=O)C(Nc1ccc(C#N)c(F)c1F)C(C)C. The van der Waals surface area contributed by atoms with Crippen molar-refractivity contribution in [3.8, 4) is 6.07 Å². The van der Waals surface area contributed by atoms with Crippen LogP contribution >= 0.6 is 0 Å². The second-order valence-electron chi connectivity index (χ2n) is 4.29. The standard InChI is InChI=1S/C13H14F2N2O2/c1-7(2)12(13(18)19-3)17-9-5-4-8(6-16)10(14)11(9)15/h4-5,7,12,17H,1-3H3. The Kier molecular flexibility index (Phi) is 4.81. The third-order valence-electron chi connectivity index (χ3n) is 2.64. The molecular weight excluding hydrogens is 254 g/mol. The van der Waals surface area contributed by atoms with E-state index in [1.165, 1.54) is 19.2 Å². The predicted octanol–water partition coefficient (Wildman–Crippen LogP) is 2.45. The summed E-state index contributed by atoms with van der Waals surface area (Å²) in [6.07, 6.45) is 0. The van der Waals surface area contributed by atoms with Crippen LogP contribution in [0, 0.1) is 28.9 Å². The Morgan fingerprint density at radius 2 is 2.00 bits per heavy atom. The number of nitrogens with zero attached hydrogens (tertiary/aromatic N) is 1. The van der Waals surface area contributed by atoms with Crippen LogP contribution in [0.2, 0.25) is 0 Å². The summed E-state index contributed by atoms with van der Waals surface area (Å²) in [7, 11) is 1.22. The van der Waals surface area contributed by atoms with E-state index in [4.69, 9.17) is 5.26 Å². The number of methoxy groups -OCH3 is 1. The monoisotopic (exact) mass is 268 g/mol. The maximum atomic E-state index is 13.7. The quantitative estimate of drug-likeness (QED) is 0.852. The molecule has 1 atom stereocenters. The Labute approximate surface area is 110 Å². The van der Waals surface area contributed by atoms with Crippen molar-refractivity contribution < 1.29 is 18.3 Å². The van der Waals surface area contributed by atoms with Crippen molar-refractivity contribution in [2.75, 3.05) is 12.4 Å². The van der Waals surface area contributed by atoms with E-state index in [0.29, 0.717) is 0 Å². The van der Waals surface area contributed by atoms with Gasteiger partial charge in [0.05, 0.1) is 18.4 Å². The molecule has 0 heterocycles. The number of esters is 1. The van der Waals surface area contributed by atoms with Crippen LogP contribution in [0.5, 0.6) is 0 Å². The van der Waals surface area contributed by atoms with Gasteiger partial charge in [0.15, 0.2) is 11.6 Å². The highest BCUT2D eigenvalue weighted by Gasteiger charge is 2.25.